The molecular formula is C27H46N8O5. The van der Waals surface area contributed by atoms with Gasteiger partial charge in [0, 0.05) is 13.0 Å². The lowest BCUT2D eigenvalue weighted by molar-refractivity contribution is -0.142. The monoisotopic (exact) mass is 562 g/mol. The number of hydrogen-bond acceptors (Lipinski definition) is 7. The Morgan fingerprint density at radius 1 is 0.875 bits per heavy atom. The second kappa shape index (κ2) is 18.6. The molecule has 224 valence electrons. The lowest BCUT2D eigenvalue weighted by Gasteiger charge is -2.26. The average molecular weight is 563 g/mol. The fourth-order valence-electron chi connectivity index (χ4n) is 3.91. The molecule has 1 aromatic rings. The lowest BCUT2D eigenvalue weighted by Crippen LogP contribution is -2.57. The van der Waals surface area contributed by atoms with Gasteiger partial charge in [-0.25, -0.2) is 4.79 Å². The third kappa shape index (κ3) is 12.9. The topological polar surface area (TPSA) is 241 Å². The van der Waals surface area contributed by atoms with Crippen molar-refractivity contribution < 1.29 is 24.3 Å². The van der Waals surface area contributed by atoms with Gasteiger partial charge in [0.1, 0.15) is 18.1 Å². The van der Waals surface area contributed by atoms with Crippen molar-refractivity contribution in [2.75, 3.05) is 13.1 Å². The van der Waals surface area contributed by atoms with Crippen LogP contribution in [-0.4, -0.2) is 72.0 Å². The van der Waals surface area contributed by atoms with Crippen molar-refractivity contribution in [2.45, 2.75) is 83.0 Å². The molecule has 5 atom stereocenters. The molecule has 0 aliphatic carbocycles. The molecule has 1 rings (SSSR count). The Kier molecular flexibility index (Phi) is 15.9. The number of nitrogens with two attached hydrogens (primary N) is 4. The third-order valence-electron chi connectivity index (χ3n) is 6.62. The number of carbonyl (C=O) groups is 4. The Morgan fingerprint density at radius 2 is 1.43 bits per heavy atom. The van der Waals surface area contributed by atoms with Gasteiger partial charge in [-0.3, -0.25) is 19.4 Å². The van der Waals surface area contributed by atoms with Crippen LogP contribution in [-0.2, 0) is 25.6 Å². The van der Waals surface area contributed by atoms with E-state index in [1.54, 1.807) is 24.3 Å². The highest BCUT2D eigenvalue weighted by atomic mass is 16.4. The number of carboxylic acids is 1. The normalized spacial score (nSPS) is 14.6. The van der Waals surface area contributed by atoms with Gasteiger partial charge >= 0.3 is 5.97 Å². The summed E-state index contributed by atoms with van der Waals surface area (Å²) in [5.41, 5.74) is 23.1. The van der Waals surface area contributed by atoms with Crippen LogP contribution >= 0.6 is 0 Å². The molecule has 13 heteroatoms. The van der Waals surface area contributed by atoms with Crippen LogP contribution < -0.4 is 38.9 Å². The van der Waals surface area contributed by atoms with E-state index in [4.69, 9.17) is 22.9 Å². The molecule has 0 bridgehead atoms. The van der Waals surface area contributed by atoms with E-state index in [-0.39, 0.29) is 37.7 Å². The minimum absolute atomic E-state index is 0.0718. The molecule has 12 N–H and O–H groups in total. The van der Waals surface area contributed by atoms with Crippen LogP contribution in [0.5, 0.6) is 0 Å². The number of benzene rings is 1. The minimum atomic E-state index is -1.20. The van der Waals surface area contributed by atoms with Crippen LogP contribution in [0, 0.1) is 5.92 Å². The maximum absolute atomic E-state index is 13.4. The van der Waals surface area contributed by atoms with Gasteiger partial charge in [0.25, 0.3) is 0 Å². The summed E-state index contributed by atoms with van der Waals surface area (Å²) < 4.78 is 0. The number of rotatable bonds is 19. The molecule has 0 fully saturated rings. The number of nitrogens with zero attached hydrogens (tertiary/aromatic N) is 1. The summed E-state index contributed by atoms with van der Waals surface area (Å²) in [6.07, 6.45) is 2.66. The lowest BCUT2D eigenvalue weighted by atomic mass is 9.98. The average Bonchev–Trinajstić information content (AvgIpc) is 2.92. The highest BCUT2D eigenvalue weighted by Gasteiger charge is 2.30. The van der Waals surface area contributed by atoms with Gasteiger partial charge in [-0.2, -0.15) is 0 Å². The summed E-state index contributed by atoms with van der Waals surface area (Å²) in [6.45, 7) is 4.37. The Bertz CT molecular complexity index is 971. The maximum atomic E-state index is 13.4. The van der Waals surface area contributed by atoms with E-state index in [2.05, 4.69) is 20.9 Å². The Labute approximate surface area is 235 Å². The summed E-state index contributed by atoms with van der Waals surface area (Å²) >= 11 is 0. The van der Waals surface area contributed by atoms with E-state index < -0.39 is 47.9 Å². The summed E-state index contributed by atoms with van der Waals surface area (Å²) in [5, 5.41) is 17.7. The number of hydrogen-bond donors (Lipinski definition) is 8. The molecule has 0 spiro atoms. The number of carbonyl (C=O) groups excluding carboxylic acids is 3. The van der Waals surface area contributed by atoms with E-state index in [1.165, 1.54) is 0 Å². The van der Waals surface area contributed by atoms with Crippen LogP contribution in [0.15, 0.2) is 35.3 Å². The van der Waals surface area contributed by atoms with E-state index >= 15 is 0 Å². The van der Waals surface area contributed by atoms with Gasteiger partial charge < -0.3 is 44.0 Å². The molecule has 5 unspecified atom stereocenters. The summed E-state index contributed by atoms with van der Waals surface area (Å²) in [6, 6.07) is 4.82. The van der Waals surface area contributed by atoms with Crippen LogP contribution in [0.2, 0.25) is 0 Å². The van der Waals surface area contributed by atoms with E-state index in [0.29, 0.717) is 32.2 Å². The highest BCUT2D eigenvalue weighted by Crippen LogP contribution is 2.09. The zero-order chi connectivity index (χ0) is 30.1. The molecule has 0 saturated heterocycles. The summed E-state index contributed by atoms with van der Waals surface area (Å²) in [5.74, 6) is -3.14. The number of amides is 3. The van der Waals surface area contributed by atoms with Crippen molar-refractivity contribution in [1.29, 1.82) is 0 Å². The molecular weight excluding hydrogens is 516 g/mol. The first-order valence-corrected chi connectivity index (χ1v) is 13.7. The van der Waals surface area contributed by atoms with Crippen LogP contribution in [0.4, 0.5) is 0 Å². The second-order valence-corrected chi connectivity index (χ2v) is 9.86. The predicted molar refractivity (Wildman–Crippen MR) is 154 cm³/mol. The summed E-state index contributed by atoms with van der Waals surface area (Å²) in [4.78, 5) is 55.2. The molecule has 0 aliphatic heterocycles. The molecule has 40 heavy (non-hydrogen) atoms. The van der Waals surface area contributed by atoms with E-state index in [0.717, 1.165) is 5.56 Å². The second-order valence-electron chi connectivity index (χ2n) is 9.86. The SMILES string of the molecule is CCC(C)C(N)C(=O)NC(CCCN=C(N)N)C(=O)NC(CCCCN)C(=O)NC(Cc1ccccc1)C(=O)O. The molecule has 0 aliphatic rings. The number of unbranched alkanes of at least 4 members (excludes halogenated alkanes) is 1. The fraction of sp³-hybridized carbons (Fsp3) is 0.593. The molecule has 3 amide bonds. The first-order valence-electron chi connectivity index (χ1n) is 13.7. The van der Waals surface area contributed by atoms with Crippen LogP contribution in [0.1, 0.15) is 57.9 Å². The van der Waals surface area contributed by atoms with Gasteiger partial charge in [0.05, 0.1) is 6.04 Å². The smallest absolute Gasteiger partial charge is 0.326 e. The zero-order valence-corrected chi connectivity index (χ0v) is 23.5. The maximum Gasteiger partial charge on any atom is 0.326 e. The Hall–Kier alpha value is -3.71. The number of aliphatic imine (C=N–C) groups is 1. The Balaban J connectivity index is 3.07. The fourth-order valence-corrected chi connectivity index (χ4v) is 3.91. The van der Waals surface area contributed by atoms with Crippen LogP contribution in [0.25, 0.3) is 0 Å². The highest BCUT2D eigenvalue weighted by molar-refractivity contribution is 5.94. The molecule has 0 aromatic heterocycles. The molecule has 0 radical (unpaired) electrons. The molecule has 0 saturated carbocycles. The standard InChI is InChI=1S/C27H46N8O5/c1-3-17(2)22(29)25(38)34-20(13-9-15-32-27(30)31)23(36)33-19(12-7-8-14-28)24(37)35-21(26(39)40)16-18-10-5-4-6-11-18/h4-6,10-11,17,19-22H,3,7-9,12-16,28-29H2,1-2H3,(H,33,36)(H,34,38)(H,35,37)(H,39,40)(H4,30,31,32). The first kappa shape index (κ1) is 34.3. The molecule has 1 aromatic carbocycles. The van der Waals surface area contributed by atoms with Crippen molar-refractivity contribution >= 4 is 29.7 Å². The minimum Gasteiger partial charge on any atom is -0.480 e. The van der Waals surface area contributed by atoms with Crippen LogP contribution in [0.3, 0.4) is 0 Å². The van der Waals surface area contributed by atoms with Gasteiger partial charge in [-0.1, -0.05) is 50.6 Å². The van der Waals surface area contributed by atoms with Gasteiger partial charge in [-0.15, -0.1) is 0 Å². The molecule has 13 nitrogen and oxygen atoms in total. The Morgan fingerprint density at radius 3 is 1.95 bits per heavy atom. The van der Waals surface area contributed by atoms with Gasteiger partial charge in [0.2, 0.25) is 17.7 Å². The van der Waals surface area contributed by atoms with Crippen molar-refractivity contribution in [3.05, 3.63) is 35.9 Å². The number of guanidine groups is 1. The van der Waals surface area contributed by atoms with Crippen molar-refractivity contribution in [1.82, 2.24) is 16.0 Å². The third-order valence-corrected chi connectivity index (χ3v) is 6.62. The van der Waals surface area contributed by atoms with Gasteiger partial charge in [-0.05, 0) is 50.1 Å². The number of nitrogens with one attached hydrogen (secondary N) is 3. The summed E-state index contributed by atoms with van der Waals surface area (Å²) in [7, 11) is 0. The zero-order valence-electron chi connectivity index (χ0n) is 23.5. The predicted octanol–water partition coefficient (Wildman–Crippen LogP) is -0.676. The quantitative estimate of drug-likeness (QED) is 0.0604. The van der Waals surface area contributed by atoms with Crippen molar-refractivity contribution in [3.63, 3.8) is 0 Å². The van der Waals surface area contributed by atoms with E-state index in [9.17, 15) is 24.3 Å². The van der Waals surface area contributed by atoms with Crippen molar-refractivity contribution in [2.24, 2.45) is 33.8 Å². The van der Waals surface area contributed by atoms with Crippen molar-refractivity contribution in [3.8, 4) is 0 Å². The first-order chi connectivity index (χ1) is 19.0. The molecule has 0 heterocycles. The largest absolute Gasteiger partial charge is 0.480 e. The van der Waals surface area contributed by atoms with Gasteiger partial charge in [0.15, 0.2) is 5.96 Å². The number of aliphatic carboxylic acids is 1. The number of carboxylic acid groups (broad SMARTS) is 1. The van der Waals surface area contributed by atoms with E-state index in [1.807, 2.05) is 19.9 Å².